The molecule has 1 heteroatoms. The Hall–Kier alpha value is -0.480. The van der Waals surface area contributed by atoms with Gasteiger partial charge >= 0.3 is 0 Å². The molecule has 0 aliphatic heterocycles. The minimum absolute atomic E-state index is 0.502. The minimum atomic E-state index is 0.502. The van der Waals surface area contributed by atoms with Crippen molar-refractivity contribution in [3.63, 3.8) is 0 Å². The molecule has 16 heavy (non-hydrogen) atoms. The fraction of sp³-hybridized carbons (Fsp3) is 0.867. The molecule has 0 rings (SSSR count). The average molecular weight is 223 g/mol. The van der Waals surface area contributed by atoms with E-state index in [1.807, 2.05) is 7.05 Å². The van der Waals surface area contributed by atoms with Gasteiger partial charge in [0.1, 0.15) is 0 Å². The molecule has 1 nitrogen and oxygen atoms in total. The molecular weight excluding hydrogens is 194 g/mol. The molecule has 1 unspecified atom stereocenters. The summed E-state index contributed by atoms with van der Waals surface area (Å²) < 4.78 is 0. The van der Waals surface area contributed by atoms with Crippen LogP contribution in [0.15, 0.2) is 0 Å². The highest BCUT2D eigenvalue weighted by Gasteiger charge is 2.05. The Labute approximate surface area is 102 Å². The number of hydrogen-bond donors (Lipinski definition) is 1. The van der Waals surface area contributed by atoms with Crippen LogP contribution < -0.4 is 5.32 Å². The third-order valence-electron chi connectivity index (χ3n) is 2.65. The highest BCUT2D eigenvalue weighted by atomic mass is 14.8. The van der Waals surface area contributed by atoms with Gasteiger partial charge in [-0.3, -0.25) is 0 Å². The largest absolute Gasteiger partial charge is 0.320 e. The summed E-state index contributed by atoms with van der Waals surface area (Å²) in [6, 6.07) is 0. The standard InChI is InChI=1S/C15H29N/c1-13(2)7-6-8-15(11-12-16-5)10-9-14(3)4/h13-16H,6-8,11-12H2,1-5H3. The third-order valence-corrected chi connectivity index (χ3v) is 2.65. The van der Waals surface area contributed by atoms with Crippen molar-refractivity contribution in [3.8, 4) is 11.8 Å². The summed E-state index contributed by atoms with van der Waals surface area (Å²) in [7, 11) is 2.01. The van der Waals surface area contributed by atoms with Crippen molar-refractivity contribution in [1.82, 2.24) is 5.32 Å². The van der Waals surface area contributed by atoms with Crippen LogP contribution in [0.5, 0.6) is 0 Å². The van der Waals surface area contributed by atoms with Crippen molar-refractivity contribution in [2.75, 3.05) is 13.6 Å². The third kappa shape index (κ3) is 10.1. The van der Waals surface area contributed by atoms with Crippen LogP contribution in [0.25, 0.3) is 0 Å². The van der Waals surface area contributed by atoms with Gasteiger partial charge in [0, 0.05) is 11.8 Å². The van der Waals surface area contributed by atoms with Crippen LogP contribution in [-0.4, -0.2) is 13.6 Å². The van der Waals surface area contributed by atoms with E-state index in [1.54, 1.807) is 0 Å². The molecule has 0 saturated carbocycles. The molecule has 0 fully saturated rings. The van der Waals surface area contributed by atoms with Gasteiger partial charge in [0.25, 0.3) is 0 Å². The fourth-order valence-corrected chi connectivity index (χ4v) is 1.66. The first kappa shape index (κ1) is 15.5. The van der Waals surface area contributed by atoms with Crippen LogP contribution in [0, 0.1) is 29.6 Å². The van der Waals surface area contributed by atoms with Gasteiger partial charge < -0.3 is 5.32 Å². The Morgan fingerprint density at radius 3 is 2.12 bits per heavy atom. The van der Waals surface area contributed by atoms with Gasteiger partial charge in [0.15, 0.2) is 0 Å². The Bertz CT molecular complexity index is 207. The summed E-state index contributed by atoms with van der Waals surface area (Å²) in [5.74, 6) is 8.67. The van der Waals surface area contributed by atoms with Gasteiger partial charge in [-0.1, -0.05) is 46.5 Å². The first-order chi connectivity index (χ1) is 7.56. The van der Waals surface area contributed by atoms with E-state index < -0.39 is 0 Å². The van der Waals surface area contributed by atoms with Crippen molar-refractivity contribution in [2.45, 2.75) is 53.4 Å². The normalized spacial score (nSPS) is 12.7. The van der Waals surface area contributed by atoms with E-state index in [4.69, 9.17) is 0 Å². The molecule has 0 saturated heterocycles. The molecule has 1 N–H and O–H groups in total. The van der Waals surface area contributed by atoms with E-state index >= 15 is 0 Å². The molecule has 94 valence electrons. The van der Waals surface area contributed by atoms with Crippen molar-refractivity contribution >= 4 is 0 Å². The van der Waals surface area contributed by atoms with Crippen LogP contribution >= 0.6 is 0 Å². The van der Waals surface area contributed by atoms with Gasteiger partial charge in [0.05, 0.1) is 0 Å². The maximum atomic E-state index is 3.44. The van der Waals surface area contributed by atoms with Crippen LogP contribution in [0.3, 0.4) is 0 Å². The molecule has 0 bridgehead atoms. The maximum Gasteiger partial charge on any atom is 0.0215 e. The summed E-state index contributed by atoms with van der Waals surface area (Å²) in [4.78, 5) is 0. The van der Waals surface area contributed by atoms with Crippen molar-refractivity contribution in [2.24, 2.45) is 17.8 Å². The zero-order valence-electron chi connectivity index (χ0n) is 11.8. The van der Waals surface area contributed by atoms with Crippen molar-refractivity contribution in [1.29, 1.82) is 0 Å². The van der Waals surface area contributed by atoms with E-state index in [9.17, 15) is 0 Å². The molecule has 1 atom stereocenters. The highest BCUT2D eigenvalue weighted by Crippen LogP contribution is 2.15. The van der Waals surface area contributed by atoms with E-state index in [-0.39, 0.29) is 0 Å². The molecule has 0 heterocycles. The van der Waals surface area contributed by atoms with Gasteiger partial charge in [-0.05, 0) is 32.4 Å². The quantitative estimate of drug-likeness (QED) is 0.649. The molecule has 0 aliphatic carbocycles. The molecule has 0 aromatic heterocycles. The molecule has 0 spiro atoms. The van der Waals surface area contributed by atoms with Crippen molar-refractivity contribution < 1.29 is 0 Å². The lowest BCUT2D eigenvalue weighted by molar-refractivity contribution is 0.470. The van der Waals surface area contributed by atoms with E-state index in [1.165, 1.54) is 25.7 Å². The molecule has 0 radical (unpaired) electrons. The second-order valence-corrected chi connectivity index (χ2v) is 5.36. The number of hydrogen-bond acceptors (Lipinski definition) is 1. The monoisotopic (exact) mass is 223 g/mol. The lowest BCUT2D eigenvalue weighted by Crippen LogP contribution is -2.12. The maximum absolute atomic E-state index is 3.44. The van der Waals surface area contributed by atoms with Gasteiger partial charge in [-0.15, -0.1) is 5.92 Å². The molecule has 0 amide bonds. The number of nitrogens with one attached hydrogen (secondary N) is 1. The van der Waals surface area contributed by atoms with Crippen LogP contribution in [-0.2, 0) is 0 Å². The topological polar surface area (TPSA) is 12.0 Å². The Kier molecular flexibility index (Phi) is 9.43. The van der Waals surface area contributed by atoms with Crippen LogP contribution in [0.2, 0.25) is 0 Å². The second kappa shape index (κ2) is 9.73. The highest BCUT2D eigenvalue weighted by molar-refractivity contribution is 5.05. The van der Waals surface area contributed by atoms with Gasteiger partial charge in [0.2, 0.25) is 0 Å². The zero-order chi connectivity index (χ0) is 12.4. The lowest BCUT2D eigenvalue weighted by Gasteiger charge is -2.11. The van der Waals surface area contributed by atoms with Crippen molar-refractivity contribution in [3.05, 3.63) is 0 Å². The predicted molar refractivity (Wildman–Crippen MR) is 73.3 cm³/mol. The lowest BCUT2D eigenvalue weighted by atomic mass is 9.95. The smallest absolute Gasteiger partial charge is 0.0215 e. The van der Waals surface area contributed by atoms with Crippen LogP contribution in [0.4, 0.5) is 0 Å². The summed E-state index contributed by atoms with van der Waals surface area (Å²) >= 11 is 0. The van der Waals surface area contributed by atoms with E-state index in [0.29, 0.717) is 11.8 Å². The first-order valence-corrected chi connectivity index (χ1v) is 6.72. The first-order valence-electron chi connectivity index (χ1n) is 6.72. The Morgan fingerprint density at radius 1 is 0.938 bits per heavy atom. The molecular formula is C15H29N. The average Bonchev–Trinajstić information content (AvgIpc) is 2.20. The SMILES string of the molecule is CNCCC(C#CC(C)C)CCCC(C)C. The minimum Gasteiger partial charge on any atom is -0.320 e. The second-order valence-electron chi connectivity index (χ2n) is 5.36. The number of rotatable bonds is 7. The molecule has 0 aromatic rings. The summed E-state index contributed by atoms with van der Waals surface area (Å²) in [6.07, 6.45) is 5.10. The predicted octanol–water partition coefficient (Wildman–Crippen LogP) is 3.70. The summed E-state index contributed by atoms with van der Waals surface area (Å²) in [5.41, 5.74) is 0. The summed E-state index contributed by atoms with van der Waals surface area (Å²) in [5, 5.41) is 3.22. The Balaban J connectivity index is 3.96. The molecule has 0 aliphatic rings. The van der Waals surface area contributed by atoms with Gasteiger partial charge in [-0.2, -0.15) is 0 Å². The van der Waals surface area contributed by atoms with Crippen LogP contribution in [0.1, 0.15) is 53.4 Å². The van der Waals surface area contributed by atoms with E-state index in [2.05, 4.69) is 44.9 Å². The fourth-order valence-electron chi connectivity index (χ4n) is 1.66. The van der Waals surface area contributed by atoms with E-state index in [0.717, 1.165) is 12.5 Å². The Morgan fingerprint density at radius 2 is 1.62 bits per heavy atom. The molecule has 0 aromatic carbocycles. The van der Waals surface area contributed by atoms with Gasteiger partial charge in [-0.25, -0.2) is 0 Å². The zero-order valence-corrected chi connectivity index (χ0v) is 11.8. The summed E-state index contributed by atoms with van der Waals surface area (Å²) in [6.45, 7) is 10.00.